The van der Waals surface area contributed by atoms with Gasteiger partial charge in [-0.05, 0) is 35.4 Å². The van der Waals surface area contributed by atoms with Gasteiger partial charge >= 0.3 is 7.69 Å². The Hall–Kier alpha value is -3.56. The van der Waals surface area contributed by atoms with Crippen LogP contribution < -0.4 is 19.9 Å². The van der Waals surface area contributed by atoms with E-state index in [9.17, 15) is 9.59 Å². The zero-order chi connectivity index (χ0) is 22.9. The lowest BCUT2D eigenvalue weighted by Crippen LogP contribution is -2.21. The van der Waals surface area contributed by atoms with E-state index < -0.39 is 0 Å². The van der Waals surface area contributed by atoms with Crippen LogP contribution in [0.25, 0.3) is 0 Å². The fourth-order valence-electron chi connectivity index (χ4n) is 2.92. The number of nitrogens with one attached hydrogen (secondary N) is 2. The van der Waals surface area contributed by atoms with Crippen LogP contribution in [0.15, 0.2) is 84.9 Å². The Morgan fingerprint density at radius 2 is 1.06 bits per heavy atom. The molecule has 2 N–H and O–H groups in total. The zero-order valence-electron chi connectivity index (χ0n) is 17.7. The van der Waals surface area contributed by atoms with Gasteiger partial charge in [-0.15, -0.1) is 0 Å². The van der Waals surface area contributed by atoms with E-state index in [4.69, 9.17) is 9.31 Å². The van der Waals surface area contributed by atoms with Crippen LogP contribution in [-0.4, -0.2) is 19.5 Å². The molecule has 0 fully saturated rings. The van der Waals surface area contributed by atoms with Gasteiger partial charge in [0.2, 0.25) is 0 Å². The molecular formula is C24H21BN2O4S2. The SMILES string of the molecule is O=C(NCc1ccccc1)c1ccc(OBOc2ccc(C(=O)NCc3ccccc3)s2)s1. The standard InChI is InChI=1S/C24H21BN2O4S2/c28-23(26-15-17-7-3-1-4-8-17)19-11-13-21(32-19)30-25-31-22-14-12-20(33-22)24(29)27-16-18-9-5-2-6-10-18/h1-14,25H,15-16H2,(H,26,28)(H,27,29). The van der Waals surface area contributed by atoms with Gasteiger partial charge in [-0.2, -0.15) is 0 Å². The topological polar surface area (TPSA) is 76.7 Å². The number of hydrogen-bond acceptors (Lipinski definition) is 6. The molecule has 166 valence electrons. The fourth-order valence-corrected chi connectivity index (χ4v) is 4.44. The highest BCUT2D eigenvalue weighted by Gasteiger charge is 2.13. The highest BCUT2D eigenvalue weighted by atomic mass is 32.1. The molecule has 0 aliphatic carbocycles. The second-order valence-electron chi connectivity index (χ2n) is 6.98. The minimum atomic E-state index is -0.149. The molecule has 4 rings (SSSR count). The average Bonchev–Trinajstić information content (AvgIpc) is 3.53. The van der Waals surface area contributed by atoms with E-state index in [0.29, 0.717) is 33.0 Å². The molecule has 33 heavy (non-hydrogen) atoms. The van der Waals surface area contributed by atoms with Crippen molar-refractivity contribution in [1.82, 2.24) is 10.6 Å². The van der Waals surface area contributed by atoms with E-state index >= 15 is 0 Å². The molecule has 0 saturated carbocycles. The number of hydrogen-bond donors (Lipinski definition) is 2. The van der Waals surface area contributed by atoms with Crippen molar-refractivity contribution < 1.29 is 18.9 Å². The molecule has 2 amide bonds. The van der Waals surface area contributed by atoms with Crippen LogP contribution >= 0.6 is 22.7 Å². The highest BCUT2D eigenvalue weighted by molar-refractivity contribution is 7.16. The second kappa shape index (κ2) is 11.4. The van der Waals surface area contributed by atoms with Gasteiger partial charge in [0.05, 0.1) is 9.75 Å². The Bertz CT molecular complexity index is 1100. The summed E-state index contributed by atoms with van der Waals surface area (Å²) in [6, 6.07) is 26.4. The van der Waals surface area contributed by atoms with Gasteiger partial charge in [0, 0.05) is 13.1 Å². The van der Waals surface area contributed by atoms with E-state index in [1.807, 2.05) is 60.7 Å². The molecule has 0 bridgehead atoms. The minimum Gasteiger partial charge on any atom is -0.521 e. The van der Waals surface area contributed by atoms with Gasteiger partial charge in [0.25, 0.3) is 11.8 Å². The number of carbonyl (C=O) groups is 2. The van der Waals surface area contributed by atoms with E-state index in [2.05, 4.69) is 10.6 Å². The third kappa shape index (κ3) is 6.71. The van der Waals surface area contributed by atoms with Crippen LogP contribution in [0.2, 0.25) is 0 Å². The molecule has 2 heterocycles. The van der Waals surface area contributed by atoms with E-state index in [1.54, 1.807) is 24.3 Å². The van der Waals surface area contributed by atoms with Crippen molar-refractivity contribution in [2.24, 2.45) is 0 Å². The summed E-state index contributed by atoms with van der Waals surface area (Å²) in [5, 5.41) is 6.95. The van der Waals surface area contributed by atoms with Crippen LogP contribution in [0, 0.1) is 0 Å². The number of amides is 2. The Balaban J connectivity index is 1.20. The number of benzene rings is 2. The molecule has 0 radical (unpaired) electrons. The quantitative estimate of drug-likeness (QED) is 0.333. The molecule has 2 aromatic heterocycles. The minimum absolute atomic E-state index is 0.0167. The van der Waals surface area contributed by atoms with Crippen molar-refractivity contribution in [3.63, 3.8) is 0 Å². The van der Waals surface area contributed by atoms with E-state index in [-0.39, 0.29) is 19.5 Å². The summed E-state index contributed by atoms with van der Waals surface area (Å²) in [6.45, 7) is 0.938. The monoisotopic (exact) mass is 476 g/mol. The third-order valence-electron chi connectivity index (χ3n) is 4.60. The Kier molecular flexibility index (Phi) is 7.79. The number of carbonyl (C=O) groups excluding carboxylic acids is 2. The van der Waals surface area contributed by atoms with Crippen molar-refractivity contribution >= 4 is 42.2 Å². The first-order valence-electron chi connectivity index (χ1n) is 10.3. The smallest absolute Gasteiger partial charge is 0.521 e. The molecule has 4 aromatic rings. The zero-order valence-corrected chi connectivity index (χ0v) is 19.3. The van der Waals surface area contributed by atoms with Gasteiger partial charge in [-0.3, -0.25) is 9.59 Å². The van der Waals surface area contributed by atoms with E-state index in [1.165, 1.54) is 22.7 Å². The van der Waals surface area contributed by atoms with Gasteiger partial charge in [0.1, 0.15) is 0 Å². The Morgan fingerprint density at radius 3 is 1.48 bits per heavy atom. The highest BCUT2D eigenvalue weighted by Crippen LogP contribution is 2.26. The summed E-state index contributed by atoms with van der Waals surface area (Å²) < 4.78 is 11.2. The van der Waals surface area contributed by atoms with Crippen LogP contribution in [0.4, 0.5) is 0 Å². The third-order valence-corrected chi connectivity index (χ3v) is 6.60. The maximum Gasteiger partial charge on any atom is 0.577 e. The van der Waals surface area contributed by atoms with Gasteiger partial charge in [-0.25, -0.2) is 0 Å². The van der Waals surface area contributed by atoms with Crippen LogP contribution in [-0.2, 0) is 13.1 Å². The lowest BCUT2D eigenvalue weighted by molar-refractivity contribution is 0.0947. The summed E-state index contributed by atoms with van der Waals surface area (Å²) in [4.78, 5) is 25.8. The fraction of sp³-hybridized carbons (Fsp3) is 0.0833. The first-order chi connectivity index (χ1) is 16.2. The Morgan fingerprint density at radius 1 is 0.636 bits per heavy atom. The maximum absolute atomic E-state index is 12.3. The lowest BCUT2D eigenvalue weighted by atomic mass is 10.2. The summed E-state index contributed by atoms with van der Waals surface area (Å²) >= 11 is 2.50. The first-order valence-corrected chi connectivity index (χ1v) is 11.9. The number of thiophene rings is 2. The second-order valence-corrected chi connectivity index (χ2v) is 9.07. The molecule has 6 nitrogen and oxygen atoms in total. The van der Waals surface area contributed by atoms with Crippen LogP contribution in [0.3, 0.4) is 0 Å². The van der Waals surface area contributed by atoms with Crippen LogP contribution in [0.1, 0.15) is 30.5 Å². The van der Waals surface area contributed by atoms with Crippen molar-refractivity contribution in [2.45, 2.75) is 13.1 Å². The van der Waals surface area contributed by atoms with Crippen molar-refractivity contribution in [3.05, 3.63) is 106 Å². The summed E-state index contributed by atoms with van der Waals surface area (Å²) in [6.07, 6.45) is 0. The summed E-state index contributed by atoms with van der Waals surface area (Å²) in [7, 11) is -0.0167. The van der Waals surface area contributed by atoms with Crippen molar-refractivity contribution in [2.75, 3.05) is 0 Å². The molecule has 0 atom stereocenters. The molecule has 0 saturated heterocycles. The molecular weight excluding hydrogens is 455 g/mol. The lowest BCUT2D eigenvalue weighted by Gasteiger charge is -2.04. The predicted molar refractivity (Wildman–Crippen MR) is 132 cm³/mol. The van der Waals surface area contributed by atoms with Crippen LogP contribution in [0.5, 0.6) is 10.1 Å². The molecule has 0 aliphatic heterocycles. The normalized spacial score (nSPS) is 10.3. The molecule has 0 spiro atoms. The maximum atomic E-state index is 12.3. The first kappa shape index (κ1) is 22.6. The van der Waals surface area contributed by atoms with Crippen molar-refractivity contribution in [1.29, 1.82) is 0 Å². The van der Waals surface area contributed by atoms with Crippen molar-refractivity contribution in [3.8, 4) is 10.1 Å². The Labute approximate surface area is 200 Å². The number of rotatable bonds is 10. The molecule has 0 aliphatic rings. The molecule has 9 heteroatoms. The largest absolute Gasteiger partial charge is 0.577 e. The average molecular weight is 476 g/mol. The van der Waals surface area contributed by atoms with Gasteiger partial charge < -0.3 is 19.9 Å². The van der Waals surface area contributed by atoms with E-state index in [0.717, 1.165) is 11.1 Å². The van der Waals surface area contributed by atoms with Gasteiger partial charge in [-0.1, -0.05) is 83.3 Å². The molecule has 2 aromatic carbocycles. The predicted octanol–water partition coefficient (Wildman–Crippen LogP) is 4.39. The van der Waals surface area contributed by atoms with Gasteiger partial charge in [0.15, 0.2) is 10.1 Å². The summed E-state index contributed by atoms with van der Waals surface area (Å²) in [5.41, 5.74) is 2.08. The summed E-state index contributed by atoms with van der Waals surface area (Å²) in [5.74, 6) is -0.298. The molecule has 0 unspecified atom stereocenters.